The van der Waals surface area contributed by atoms with Gasteiger partial charge in [-0.05, 0) is 0 Å². The van der Waals surface area contributed by atoms with Gasteiger partial charge in [-0.2, -0.15) is 0 Å². The molecule has 7 nitrogen and oxygen atoms in total. The van der Waals surface area contributed by atoms with Crippen molar-refractivity contribution in [3.8, 4) is 0 Å². The number of anilines is 1. The zero-order valence-corrected chi connectivity index (χ0v) is 9.28. The first-order valence-electron chi connectivity index (χ1n) is 3.46. The fourth-order valence-corrected chi connectivity index (χ4v) is 1.71. The molecule has 1 aromatic carbocycles. The molecule has 0 aliphatic carbocycles. The molecule has 0 aromatic heterocycles. The standard InChI is InChI=1S/C6H3BrClN3O4/c7-9-6-4(8)1-3(10(12)13)2-5(6)11(14)15/h1-2,9H. The first-order valence-corrected chi connectivity index (χ1v) is 4.63. The lowest BCUT2D eigenvalue weighted by molar-refractivity contribution is -0.393. The van der Waals surface area contributed by atoms with Gasteiger partial charge in [-0.25, -0.2) is 0 Å². The van der Waals surface area contributed by atoms with Crippen LogP contribution in [0.1, 0.15) is 0 Å². The number of nitro benzene ring substituents is 2. The normalized spacial score (nSPS) is 9.73. The van der Waals surface area contributed by atoms with Crippen LogP contribution in [0.4, 0.5) is 17.1 Å². The fraction of sp³-hybridized carbons (Fsp3) is 0. The number of benzene rings is 1. The van der Waals surface area contributed by atoms with Gasteiger partial charge < -0.3 is 4.34 Å². The summed E-state index contributed by atoms with van der Waals surface area (Å²) in [5.41, 5.74) is -0.920. The summed E-state index contributed by atoms with van der Waals surface area (Å²) in [5.74, 6) is 0. The largest absolute Gasteiger partial charge is 0.315 e. The van der Waals surface area contributed by atoms with Crippen LogP contribution >= 0.6 is 27.7 Å². The van der Waals surface area contributed by atoms with Crippen LogP contribution in [-0.2, 0) is 0 Å². The molecule has 0 bridgehead atoms. The summed E-state index contributed by atoms with van der Waals surface area (Å²) < 4.78 is 2.33. The highest BCUT2D eigenvalue weighted by molar-refractivity contribution is 9.10. The summed E-state index contributed by atoms with van der Waals surface area (Å²) in [6.45, 7) is 0. The molecule has 0 heterocycles. The first-order chi connectivity index (χ1) is 6.97. The van der Waals surface area contributed by atoms with Crippen LogP contribution in [-0.4, -0.2) is 9.85 Å². The van der Waals surface area contributed by atoms with E-state index in [0.717, 1.165) is 12.1 Å². The zero-order valence-electron chi connectivity index (χ0n) is 6.94. The summed E-state index contributed by atoms with van der Waals surface area (Å²) in [4.78, 5) is 19.5. The highest BCUT2D eigenvalue weighted by Gasteiger charge is 2.22. The Hall–Kier alpha value is -1.41. The lowest BCUT2D eigenvalue weighted by atomic mass is 10.2. The maximum atomic E-state index is 10.6. The maximum Gasteiger partial charge on any atom is 0.301 e. The van der Waals surface area contributed by atoms with E-state index in [2.05, 4.69) is 20.5 Å². The molecule has 80 valence electrons. The van der Waals surface area contributed by atoms with Crippen molar-refractivity contribution in [2.45, 2.75) is 0 Å². The van der Waals surface area contributed by atoms with Gasteiger partial charge in [-0.3, -0.25) is 20.2 Å². The monoisotopic (exact) mass is 295 g/mol. The molecule has 0 spiro atoms. The Balaban J connectivity index is 3.45. The van der Waals surface area contributed by atoms with Crippen molar-refractivity contribution >= 4 is 44.8 Å². The van der Waals surface area contributed by atoms with Crippen molar-refractivity contribution < 1.29 is 9.85 Å². The Morgan fingerprint density at radius 1 is 1.27 bits per heavy atom. The molecule has 15 heavy (non-hydrogen) atoms. The predicted octanol–water partition coefficient (Wildman–Crippen LogP) is 2.88. The van der Waals surface area contributed by atoms with Crippen molar-refractivity contribution in [1.29, 1.82) is 0 Å². The van der Waals surface area contributed by atoms with Crippen LogP contribution in [0.5, 0.6) is 0 Å². The predicted molar refractivity (Wildman–Crippen MR) is 57.3 cm³/mol. The van der Waals surface area contributed by atoms with E-state index in [0.29, 0.717) is 0 Å². The van der Waals surface area contributed by atoms with E-state index in [4.69, 9.17) is 11.6 Å². The second-order valence-corrected chi connectivity index (χ2v) is 3.23. The third-order valence-electron chi connectivity index (χ3n) is 1.56. The van der Waals surface area contributed by atoms with Gasteiger partial charge in [0, 0.05) is 22.2 Å². The molecular weight excluding hydrogens is 293 g/mol. The molecule has 0 radical (unpaired) electrons. The Kier molecular flexibility index (Phi) is 3.43. The van der Waals surface area contributed by atoms with Gasteiger partial charge in [-0.1, -0.05) is 11.6 Å². The molecule has 1 N–H and O–H groups in total. The number of nitrogens with zero attached hydrogens (tertiary/aromatic N) is 2. The molecule has 0 atom stereocenters. The Labute approximate surface area is 96.7 Å². The van der Waals surface area contributed by atoms with Gasteiger partial charge in [0.05, 0.1) is 20.9 Å². The first kappa shape index (κ1) is 11.7. The third kappa shape index (κ3) is 2.34. The van der Waals surface area contributed by atoms with Crippen molar-refractivity contribution in [1.82, 2.24) is 0 Å². The van der Waals surface area contributed by atoms with Gasteiger partial charge >= 0.3 is 5.69 Å². The quantitative estimate of drug-likeness (QED) is 0.525. The molecule has 0 fully saturated rings. The molecular formula is C6H3BrClN3O4. The lowest BCUT2D eigenvalue weighted by Crippen LogP contribution is -1.96. The van der Waals surface area contributed by atoms with Gasteiger partial charge in [0.1, 0.15) is 5.69 Å². The SMILES string of the molecule is O=[N+]([O-])c1cc(Cl)c(NBr)c([N+](=O)[O-])c1. The number of nitrogens with one attached hydrogen (secondary N) is 1. The van der Waals surface area contributed by atoms with Gasteiger partial charge in [0.2, 0.25) is 0 Å². The average Bonchev–Trinajstić information content (AvgIpc) is 2.16. The fourth-order valence-electron chi connectivity index (χ4n) is 0.921. The molecule has 0 amide bonds. The van der Waals surface area contributed by atoms with E-state index in [-0.39, 0.29) is 10.7 Å². The summed E-state index contributed by atoms with van der Waals surface area (Å²) in [6, 6.07) is 1.85. The number of nitro groups is 2. The lowest BCUT2D eigenvalue weighted by Gasteiger charge is -2.02. The highest BCUT2D eigenvalue weighted by atomic mass is 79.9. The van der Waals surface area contributed by atoms with Gasteiger partial charge in [-0.15, -0.1) is 0 Å². The van der Waals surface area contributed by atoms with E-state index < -0.39 is 21.2 Å². The number of rotatable bonds is 3. The minimum atomic E-state index is -0.761. The summed E-state index contributed by atoms with van der Waals surface area (Å²) in [5, 5.41) is 20.9. The smallest absolute Gasteiger partial charge is 0.301 e. The van der Waals surface area contributed by atoms with Crippen LogP contribution in [0, 0.1) is 20.2 Å². The average molecular weight is 296 g/mol. The number of non-ortho nitro benzene ring substituents is 1. The molecule has 0 saturated heterocycles. The molecule has 0 aliphatic heterocycles. The minimum Gasteiger partial charge on any atom is -0.315 e. The third-order valence-corrected chi connectivity index (χ3v) is 2.25. The number of hydrogen-bond acceptors (Lipinski definition) is 5. The zero-order chi connectivity index (χ0) is 11.6. The highest BCUT2D eigenvalue weighted by Crippen LogP contribution is 2.36. The summed E-state index contributed by atoms with van der Waals surface area (Å²) in [6.07, 6.45) is 0. The van der Waals surface area contributed by atoms with Crippen LogP contribution in [0.3, 0.4) is 0 Å². The van der Waals surface area contributed by atoms with Crippen LogP contribution in [0.2, 0.25) is 5.02 Å². The van der Waals surface area contributed by atoms with E-state index >= 15 is 0 Å². The Bertz CT molecular complexity index is 439. The van der Waals surface area contributed by atoms with Gasteiger partial charge in [0.25, 0.3) is 5.69 Å². The summed E-state index contributed by atoms with van der Waals surface area (Å²) >= 11 is 8.40. The minimum absolute atomic E-state index is 0.0210. The van der Waals surface area contributed by atoms with E-state index in [1.54, 1.807) is 0 Å². The molecule has 0 saturated carbocycles. The van der Waals surface area contributed by atoms with Gasteiger partial charge in [0.15, 0.2) is 0 Å². The summed E-state index contributed by atoms with van der Waals surface area (Å²) in [7, 11) is 0. The molecule has 9 heteroatoms. The van der Waals surface area contributed by atoms with E-state index in [1.165, 1.54) is 0 Å². The Morgan fingerprint density at radius 3 is 2.27 bits per heavy atom. The van der Waals surface area contributed by atoms with Crippen LogP contribution in [0.25, 0.3) is 0 Å². The second kappa shape index (κ2) is 4.41. The van der Waals surface area contributed by atoms with Crippen LogP contribution in [0.15, 0.2) is 12.1 Å². The topological polar surface area (TPSA) is 98.3 Å². The Morgan fingerprint density at radius 2 is 1.87 bits per heavy atom. The number of halogens is 2. The second-order valence-electron chi connectivity index (χ2n) is 2.43. The van der Waals surface area contributed by atoms with Crippen molar-refractivity contribution in [2.24, 2.45) is 0 Å². The number of hydrogen-bond donors (Lipinski definition) is 1. The van der Waals surface area contributed by atoms with Crippen molar-refractivity contribution in [2.75, 3.05) is 4.34 Å². The molecule has 1 aromatic rings. The van der Waals surface area contributed by atoms with Crippen molar-refractivity contribution in [3.63, 3.8) is 0 Å². The van der Waals surface area contributed by atoms with E-state index in [1.807, 2.05) is 0 Å². The van der Waals surface area contributed by atoms with Crippen molar-refractivity contribution in [3.05, 3.63) is 37.4 Å². The maximum absolute atomic E-state index is 10.6. The van der Waals surface area contributed by atoms with Crippen LogP contribution < -0.4 is 4.34 Å². The molecule has 1 rings (SSSR count). The van der Waals surface area contributed by atoms with E-state index in [9.17, 15) is 20.2 Å². The molecule has 0 unspecified atom stereocenters. The molecule has 0 aliphatic rings.